The quantitative estimate of drug-likeness (QED) is 0.630. The average molecular weight is 287 g/mol. The molecule has 21 heavy (non-hydrogen) atoms. The molecule has 1 aliphatic rings. The van der Waals surface area contributed by atoms with Crippen LogP contribution in [0.5, 0.6) is 0 Å². The van der Waals surface area contributed by atoms with Crippen LogP contribution in [0.1, 0.15) is 23.9 Å². The molecule has 1 aromatic rings. The van der Waals surface area contributed by atoms with Gasteiger partial charge in [-0.15, -0.1) is 0 Å². The summed E-state index contributed by atoms with van der Waals surface area (Å²) in [5, 5.41) is 9.31. The van der Waals surface area contributed by atoms with Crippen molar-refractivity contribution >= 4 is 12.0 Å². The highest BCUT2D eigenvalue weighted by Crippen LogP contribution is 2.19. The van der Waals surface area contributed by atoms with Crippen LogP contribution in [-0.2, 0) is 16.1 Å². The number of nitriles is 1. The number of amides is 1. The van der Waals surface area contributed by atoms with Gasteiger partial charge in [-0.05, 0) is 38.5 Å². The van der Waals surface area contributed by atoms with Gasteiger partial charge in [0.2, 0.25) is 0 Å². The molecule has 0 aromatic carbocycles. The van der Waals surface area contributed by atoms with E-state index in [0.29, 0.717) is 26.3 Å². The van der Waals surface area contributed by atoms with E-state index in [2.05, 4.69) is 11.5 Å². The maximum atomic E-state index is 12.4. The third-order valence-corrected chi connectivity index (χ3v) is 3.88. The van der Waals surface area contributed by atoms with Gasteiger partial charge in [0.1, 0.15) is 11.6 Å². The smallest absolute Gasteiger partial charge is 0.264 e. The summed E-state index contributed by atoms with van der Waals surface area (Å²) in [6.45, 7) is 9.17. The third-order valence-electron chi connectivity index (χ3n) is 3.88. The minimum atomic E-state index is -0.206. The number of carbonyl (C=O) groups excluding carboxylic acids is 1. The van der Waals surface area contributed by atoms with Gasteiger partial charge < -0.3 is 14.2 Å². The number of aromatic nitrogens is 1. The van der Waals surface area contributed by atoms with Crippen LogP contribution in [0.3, 0.4) is 0 Å². The molecule has 0 spiro atoms. The van der Waals surface area contributed by atoms with E-state index in [1.165, 1.54) is 0 Å². The average Bonchev–Trinajstić information content (AvgIpc) is 2.78. The van der Waals surface area contributed by atoms with Gasteiger partial charge in [0, 0.05) is 31.0 Å². The van der Waals surface area contributed by atoms with Crippen LogP contribution in [0, 0.1) is 25.2 Å². The summed E-state index contributed by atoms with van der Waals surface area (Å²) in [4.78, 5) is 14.1. The zero-order valence-electron chi connectivity index (χ0n) is 12.8. The van der Waals surface area contributed by atoms with Crippen molar-refractivity contribution < 1.29 is 9.53 Å². The molecule has 1 amide bonds. The number of nitrogens with zero attached hydrogens (tertiary/aromatic N) is 3. The summed E-state index contributed by atoms with van der Waals surface area (Å²) in [5.41, 5.74) is 3.34. The maximum absolute atomic E-state index is 12.4. The van der Waals surface area contributed by atoms with Crippen molar-refractivity contribution in [3.8, 4) is 6.07 Å². The second kappa shape index (κ2) is 6.59. The van der Waals surface area contributed by atoms with E-state index in [4.69, 9.17) is 4.74 Å². The Hall–Kier alpha value is -2.06. The van der Waals surface area contributed by atoms with Crippen LogP contribution in [-0.4, -0.2) is 41.7 Å². The van der Waals surface area contributed by atoms with E-state index >= 15 is 0 Å². The normalized spacial score (nSPS) is 15.9. The molecule has 0 N–H and O–H groups in total. The van der Waals surface area contributed by atoms with Crippen molar-refractivity contribution in [3.05, 3.63) is 28.6 Å². The number of aryl methyl sites for hydroxylation is 1. The van der Waals surface area contributed by atoms with Gasteiger partial charge >= 0.3 is 0 Å². The van der Waals surface area contributed by atoms with Gasteiger partial charge in [-0.1, -0.05) is 0 Å². The fourth-order valence-corrected chi connectivity index (χ4v) is 2.69. The first-order valence-corrected chi connectivity index (χ1v) is 7.24. The minimum Gasteiger partial charge on any atom is -0.378 e. The molecular formula is C16H21N3O2. The molecular weight excluding hydrogens is 266 g/mol. The maximum Gasteiger partial charge on any atom is 0.264 e. The number of ether oxygens (including phenoxy) is 1. The van der Waals surface area contributed by atoms with E-state index in [1.54, 1.807) is 11.0 Å². The lowest BCUT2D eigenvalue weighted by Crippen LogP contribution is -2.41. The van der Waals surface area contributed by atoms with Crippen molar-refractivity contribution in [1.82, 2.24) is 9.47 Å². The van der Waals surface area contributed by atoms with Gasteiger partial charge in [0.05, 0.1) is 13.2 Å². The van der Waals surface area contributed by atoms with Crippen molar-refractivity contribution in [3.63, 3.8) is 0 Å². The molecule has 5 nitrogen and oxygen atoms in total. The predicted molar refractivity (Wildman–Crippen MR) is 80.6 cm³/mol. The SMILES string of the molecule is CCn1c(C)cc(/C=C(/C#N)C(=O)N2CCOCC2)c1C. The Labute approximate surface area is 125 Å². The Morgan fingerprint density at radius 2 is 2.10 bits per heavy atom. The van der Waals surface area contributed by atoms with Crippen LogP contribution in [0.2, 0.25) is 0 Å². The van der Waals surface area contributed by atoms with E-state index in [0.717, 1.165) is 23.5 Å². The highest BCUT2D eigenvalue weighted by molar-refractivity contribution is 6.01. The summed E-state index contributed by atoms with van der Waals surface area (Å²) in [5.74, 6) is -0.206. The molecule has 0 unspecified atom stereocenters. The highest BCUT2D eigenvalue weighted by atomic mass is 16.5. The van der Waals surface area contributed by atoms with Gasteiger partial charge in [-0.3, -0.25) is 4.79 Å². The molecule has 2 rings (SSSR count). The summed E-state index contributed by atoms with van der Waals surface area (Å²) in [6.07, 6.45) is 1.70. The molecule has 2 heterocycles. The fraction of sp³-hybridized carbons (Fsp3) is 0.500. The van der Waals surface area contributed by atoms with Gasteiger partial charge in [-0.25, -0.2) is 0 Å². The molecule has 1 aromatic heterocycles. The minimum absolute atomic E-state index is 0.188. The molecule has 1 saturated heterocycles. The number of rotatable bonds is 3. The Kier molecular flexibility index (Phi) is 4.81. The summed E-state index contributed by atoms with van der Waals surface area (Å²) in [7, 11) is 0. The van der Waals surface area contributed by atoms with Gasteiger partial charge in [0.25, 0.3) is 5.91 Å². The van der Waals surface area contributed by atoms with E-state index in [-0.39, 0.29) is 11.5 Å². The van der Waals surface area contributed by atoms with Crippen molar-refractivity contribution in [1.29, 1.82) is 5.26 Å². The van der Waals surface area contributed by atoms with E-state index in [9.17, 15) is 10.1 Å². The van der Waals surface area contributed by atoms with Crippen molar-refractivity contribution in [2.75, 3.05) is 26.3 Å². The lowest BCUT2D eigenvalue weighted by atomic mass is 10.1. The van der Waals surface area contributed by atoms with Crippen molar-refractivity contribution in [2.24, 2.45) is 0 Å². The summed E-state index contributed by atoms with van der Waals surface area (Å²) >= 11 is 0. The molecule has 0 aliphatic carbocycles. The first-order chi connectivity index (χ1) is 10.1. The van der Waals surface area contributed by atoms with Crippen LogP contribution in [0.4, 0.5) is 0 Å². The number of carbonyl (C=O) groups is 1. The Balaban J connectivity index is 2.28. The number of hydrogen-bond donors (Lipinski definition) is 0. The first-order valence-electron chi connectivity index (χ1n) is 7.24. The topological polar surface area (TPSA) is 58.3 Å². The standard InChI is InChI=1S/C16H21N3O2/c1-4-19-12(2)9-14(13(19)3)10-15(11-17)16(20)18-5-7-21-8-6-18/h9-10H,4-8H2,1-3H3/b15-10-. The van der Waals surface area contributed by atoms with Crippen LogP contribution in [0.15, 0.2) is 11.6 Å². The molecule has 1 aliphatic heterocycles. The first kappa shape index (κ1) is 15.3. The molecule has 0 radical (unpaired) electrons. The Bertz CT molecular complexity index is 602. The molecule has 0 bridgehead atoms. The zero-order chi connectivity index (χ0) is 15.4. The van der Waals surface area contributed by atoms with Gasteiger partial charge in [0.15, 0.2) is 0 Å². The van der Waals surface area contributed by atoms with Gasteiger partial charge in [-0.2, -0.15) is 5.26 Å². The second-order valence-corrected chi connectivity index (χ2v) is 5.15. The number of morpholine rings is 1. The summed E-state index contributed by atoms with van der Waals surface area (Å²) in [6, 6.07) is 4.06. The largest absolute Gasteiger partial charge is 0.378 e. The Morgan fingerprint density at radius 3 is 2.62 bits per heavy atom. The molecule has 1 fully saturated rings. The Morgan fingerprint density at radius 1 is 1.43 bits per heavy atom. The molecule has 112 valence electrons. The number of hydrogen-bond acceptors (Lipinski definition) is 3. The molecule has 0 atom stereocenters. The highest BCUT2D eigenvalue weighted by Gasteiger charge is 2.21. The monoisotopic (exact) mass is 287 g/mol. The van der Waals surface area contributed by atoms with E-state index in [1.807, 2.05) is 26.0 Å². The lowest BCUT2D eigenvalue weighted by Gasteiger charge is -2.26. The van der Waals surface area contributed by atoms with E-state index < -0.39 is 0 Å². The fourth-order valence-electron chi connectivity index (χ4n) is 2.69. The molecule has 5 heteroatoms. The third kappa shape index (κ3) is 3.17. The summed E-state index contributed by atoms with van der Waals surface area (Å²) < 4.78 is 7.40. The lowest BCUT2D eigenvalue weighted by molar-refractivity contribution is -0.130. The zero-order valence-corrected chi connectivity index (χ0v) is 12.8. The molecule has 0 saturated carbocycles. The van der Waals surface area contributed by atoms with Crippen LogP contribution >= 0.6 is 0 Å². The van der Waals surface area contributed by atoms with Crippen LogP contribution < -0.4 is 0 Å². The second-order valence-electron chi connectivity index (χ2n) is 5.15. The predicted octanol–water partition coefficient (Wildman–Crippen LogP) is 1.89. The van der Waals surface area contributed by atoms with Crippen LogP contribution in [0.25, 0.3) is 6.08 Å². The van der Waals surface area contributed by atoms with Crippen molar-refractivity contribution in [2.45, 2.75) is 27.3 Å².